The SMILES string of the molecule is C=CC(=O)N1CCN(c2nc(OC3CCCC3)nc3cc(-c4c(C)ccc5[nH]ncc45)c(Cl)cc23)CC1. The first-order valence-corrected chi connectivity index (χ1v) is 13.2. The van der Waals surface area contributed by atoms with Crippen LogP contribution in [0.2, 0.25) is 5.02 Å². The fourth-order valence-corrected chi connectivity index (χ4v) is 5.76. The number of amides is 1. The average Bonchev–Trinajstić information content (AvgIpc) is 3.60. The van der Waals surface area contributed by atoms with Crippen LogP contribution >= 0.6 is 11.6 Å². The predicted octanol–water partition coefficient (Wildman–Crippen LogP) is 5.29. The zero-order chi connectivity index (χ0) is 25.5. The summed E-state index contributed by atoms with van der Waals surface area (Å²) in [5, 5.41) is 9.80. The number of anilines is 1. The van der Waals surface area contributed by atoms with E-state index in [0.717, 1.165) is 70.0 Å². The van der Waals surface area contributed by atoms with Gasteiger partial charge in [-0.2, -0.15) is 15.1 Å². The zero-order valence-electron chi connectivity index (χ0n) is 20.8. The van der Waals surface area contributed by atoms with Gasteiger partial charge >= 0.3 is 6.01 Å². The minimum absolute atomic E-state index is 0.0473. The van der Waals surface area contributed by atoms with Crippen molar-refractivity contribution in [3.63, 3.8) is 0 Å². The molecule has 0 bridgehead atoms. The zero-order valence-corrected chi connectivity index (χ0v) is 21.6. The van der Waals surface area contributed by atoms with Crippen LogP contribution in [0.25, 0.3) is 32.9 Å². The third-order valence-electron chi connectivity index (χ3n) is 7.49. The van der Waals surface area contributed by atoms with Crippen molar-refractivity contribution in [3.8, 4) is 17.1 Å². The maximum atomic E-state index is 12.1. The molecule has 2 fully saturated rings. The Kier molecular flexibility index (Phi) is 6.20. The van der Waals surface area contributed by atoms with E-state index >= 15 is 0 Å². The third-order valence-corrected chi connectivity index (χ3v) is 7.80. The van der Waals surface area contributed by atoms with Crippen LogP contribution in [0.5, 0.6) is 6.01 Å². The Morgan fingerprint density at radius 2 is 1.92 bits per heavy atom. The summed E-state index contributed by atoms with van der Waals surface area (Å²) < 4.78 is 6.27. The number of fused-ring (bicyclic) bond motifs is 2. The van der Waals surface area contributed by atoms with Crippen molar-refractivity contribution in [1.82, 2.24) is 25.1 Å². The number of hydrogen-bond acceptors (Lipinski definition) is 6. The van der Waals surface area contributed by atoms with Crippen molar-refractivity contribution in [2.75, 3.05) is 31.1 Å². The molecule has 0 radical (unpaired) electrons. The summed E-state index contributed by atoms with van der Waals surface area (Å²) in [7, 11) is 0. The number of nitrogens with zero attached hydrogens (tertiary/aromatic N) is 5. The van der Waals surface area contributed by atoms with Crippen LogP contribution in [-0.4, -0.2) is 63.3 Å². The Morgan fingerprint density at radius 1 is 1.14 bits per heavy atom. The van der Waals surface area contributed by atoms with Gasteiger partial charge in [-0.1, -0.05) is 24.2 Å². The normalized spacial score (nSPS) is 16.6. The number of hydrogen-bond donors (Lipinski definition) is 1. The Balaban J connectivity index is 1.46. The molecule has 0 atom stereocenters. The number of aryl methyl sites for hydroxylation is 1. The number of ether oxygens (including phenoxy) is 1. The van der Waals surface area contributed by atoms with Gasteiger partial charge in [0.05, 0.1) is 17.2 Å². The van der Waals surface area contributed by atoms with Gasteiger partial charge in [-0.15, -0.1) is 0 Å². The first kappa shape index (κ1) is 23.7. The van der Waals surface area contributed by atoms with E-state index in [9.17, 15) is 4.79 Å². The molecule has 6 rings (SSSR count). The topological polar surface area (TPSA) is 87.2 Å². The highest BCUT2D eigenvalue weighted by Crippen LogP contribution is 2.40. The lowest BCUT2D eigenvalue weighted by atomic mass is 9.96. The molecule has 0 spiro atoms. The van der Waals surface area contributed by atoms with Crippen LogP contribution in [0.3, 0.4) is 0 Å². The molecule has 37 heavy (non-hydrogen) atoms. The number of aromatic amines is 1. The molecule has 9 heteroatoms. The summed E-state index contributed by atoms with van der Waals surface area (Å²) >= 11 is 6.95. The number of nitrogens with one attached hydrogen (secondary N) is 1. The molecule has 0 unspecified atom stereocenters. The highest BCUT2D eigenvalue weighted by atomic mass is 35.5. The van der Waals surface area contributed by atoms with Gasteiger partial charge in [0.1, 0.15) is 11.9 Å². The molecule has 3 heterocycles. The highest BCUT2D eigenvalue weighted by molar-refractivity contribution is 6.35. The fraction of sp³-hybridized carbons (Fsp3) is 0.357. The van der Waals surface area contributed by atoms with Gasteiger partial charge in [-0.05, 0) is 68.0 Å². The van der Waals surface area contributed by atoms with E-state index in [0.29, 0.717) is 37.2 Å². The molecular weight excluding hydrogens is 488 g/mol. The van der Waals surface area contributed by atoms with E-state index in [1.54, 1.807) is 0 Å². The van der Waals surface area contributed by atoms with Crippen molar-refractivity contribution in [2.24, 2.45) is 0 Å². The summed E-state index contributed by atoms with van der Waals surface area (Å²) in [6.45, 7) is 8.20. The van der Waals surface area contributed by atoms with Gasteiger partial charge in [-0.25, -0.2) is 0 Å². The number of carbonyl (C=O) groups excluding carboxylic acids is 1. The van der Waals surface area contributed by atoms with Crippen LogP contribution in [0.15, 0.2) is 43.1 Å². The number of H-pyrrole nitrogens is 1. The maximum absolute atomic E-state index is 12.1. The van der Waals surface area contributed by atoms with Gasteiger partial charge in [0.25, 0.3) is 0 Å². The van der Waals surface area contributed by atoms with E-state index < -0.39 is 0 Å². The minimum Gasteiger partial charge on any atom is -0.460 e. The Labute approximate surface area is 220 Å². The summed E-state index contributed by atoms with van der Waals surface area (Å²) in [4.78, 5) is 25.8. The molecule has 1 aliphatic heterocycles. The lowest BCUT2D eigenvalue weighted by Gasteiger charge is -2.35. The Hall–Kier alpha value is -3.65. The molecule has 2 aliphatic rings. The van der Waals surface area contributed by atoms with E-state index in [4.69, 9.17) is 26.3 Å². The molecule has 8 nitrogen and oxygen atoms in total. The quantitative estimate of drug-likeness (QED) is 0.363. The van der Waals surface area contributed by atoms with Crippen LogP contribution in [0.1, 0.15) is 31.2 Å². The second kappa shape index (κ2) is 9.67. The molecule has 190 valence electrons. The van der Waals surface area contributed by atoms with E-state index in [1.807, 2.05) is 29.3 Å². The van der Waals surface area contributed by atoms with Crippen molar-refractivity contribution in [3.05, 3.63) is 53.7 Å². The molecule has 1 saturated heterocycles. The largest absolute Gasteiger partial charge is 0.460 e. The standard InChI is InChI=1S/C28H29ClN6O2/c1-3-25(36)34-10-12-35(13-11-34)27-20-14-22(29)19(26-17(2)8-9-23-21(26)16-30-33-23)15-24(20)31-28(32-27)37-18-6-4-5-7-18/h3,8-9,14-16,18H,1,4-7,10-13H2,2H3,(H,30,33). The van der Waals surface area contributed by atoms with Gasteiger partial charge < -0.3 is 14.5 Å². The summed E-state index contributed by atoms with van der Waals surface area (Å²) in [5.74, 6) is 0.740. The van der Waals surface area contributed by atoms with Crippen molar-refractivity contribution >= 4 is 45.1 Å². The summed E-state index contributed by atoms with van der Waals surface area (Å²) in [6.07, 6.45) is 7.71. The first-order valence-electron chi connectivity index (χ1n) is 12.8. The first-order chi connectivity index (χ1) is 18.0. The molecule has 4 aromatic rings. The third kappa shape index (κ3) is 4.39. The second-order valence-electron chi connectivity index (χ2n) is 9.81. The number of halogens is 1. The molecule has 1 N–H and O–H groups in total. The number of benzene rings is 2. The van der Waals surface area contributed by atoms with Gasteiger partial charge in [-0.3, -0.25) is 9.89 Å². The number of carbonyl (C=O) groups is 1. The molecule has 2 aromatic carbocycles. The van der Waals surface area contributed by atoms with E-state index in [-0.39, 0.29) is 12.0 Å². The van der Waals surface area contributed by atoms with Crippen LogP contribution in [-0.2, 0) is 4.79 Å². The lowest BCUT2D eigenvalue weighted by molar-refractivity contribution is -0.126. The van der Waals surface area contributed by atoms with Gasteiger partial charge in [0, 0.05) is 47.5 Å². The molecule has 1 amide bonds. The molecule has 2 aromatic heterocycles. The van der Waals surface area contributed by atoms with Crippen LogP contribution in [0.4, 0.5) is 5.82 Å². The van der Waals surface area contributed by atoms with Crippen LogP contribution < -0.4 is 9.64 Å². The van der Waals surface area contributed by atoms with Crippen LogP contribution in [0, 0.1) is 6.92 Å². The predicted molar refractivity (Wildman–Crippen MR) is 146 cm³/mol. The molecule has 1 saturated carbocycles. The van der Waals surface area contributed by atoms with Crippen molar-refractivity contribution in [1.29, 1.82) is 0 Å². The fourth-order valence-electron chi connectivity index (χ4n) is 5.50. The monoisotopic (exact) mass is 516 g/mol. The van der Waals surface area contributed by atoms with Gasteiger partial charge in [0.15, 0.2) is 0 Å². The van der Waals surface area contributed by atoms with E-state index in [2.05, 4.69) is 34.7 Å². The number of aromatic nitrogens is 4. The minimum atomic E-state index is -0.0473. The maximum Gasteiger partial charge on any atom is 0.319 e. The van der Waals surface area contributed by atoms with Crippen molar-refractivity contribution in [2.45, 2.75) is 38.7 Å². The molecular formula is C28H29ClN6O2. The number of rotatable bonds is 5. The number of piperazine rings is 1. The highest BCUT2D eigenvalue weighted by Gasteiger charge is 2.25. The smallest absolute Gasteiger partial charge is 0.319 e. The van der Waals surface area contributed by atoms with E-state index in [1.165, 1.54) is 6.08 Å². The Bertz CT molecular complexity index is 1500. The van der Waals surface area contributed by atoms with Gasteiger partial charge in [0.2, 0.25) is 5.91 Å². The summed E-state index contributed by atoms with van der Waals surface area (Å²) in [5.41, 5.74) is 4.78. The lowest BCUT2D eigenvalue weighted by Crippen LogP contribution is -2.48. The Morgan fingerprint density at radius 3 is 2.68 bits per heavy atom. The summed E-state index contributed by atoms with van der Waals surface area (Å²) in [6, 6.07) is 8.49. The molecule has 1 aliphatic carbocycles. The average molecular weight is 517 g/mol. The van der Waals surface area contributed by atoms with Crippen molar-refractivity contribution < 1.29 is 9.53 Å². The second-order valence-corrected chi connectivity index (χ2v) is 10.2.